The van der Waals surface area contributed by atoms with Gasteiger partial charge in [-0.25, -0.2) is 4.79 Å². The van der Waals surface area contributed by atoms with Crippen LogP contribution in [0.25, 0.3) is 0 Å². The molecular weight excluding hydrogens is 150 g/mol. The molecule has 0 saturated heterocycles. The number of nitrogens with two attached hydrogens (primary N) is 1. The van der Waals surface area contributed by atoms with Crippen LogP contribution in [0.2, 0.25) is 0 Å². The largest absolute Gasteiger partial charge is 0.470 e. The summed E-state index contributed by atoms with van der Waals surface area (Å²) >= 11 is 0. The standard InChI is InChI=1S/C6H7NO4/c1-10-6(9)4-3(8)2-11-5(4)7/h2,7H2,1H3. The van der Waals surface area contributed by atoms with Gasteiger partial charge in [-0.3, -0.25) is 4.79 Å². The Kier molecular flexibility index (Phi) is 1.80. The van der Waals surface area contributed by atoms with E-state index in [4.69, 9.17) is 5.73 Å². The second kappa shape index (κ2) is 2.61. The van der Waals surface area contributed by atoms with E-state index >= 15 is 0 Å². The molecule has 5 nitrogen and oxygen atoms in total. The molecule has 1 rings (SSSR count). The fraction of sp³-hybridized carbons (Fsp3) is 0.333. The van der Waals surface area contributed by atoms with E-state index in [9.17, 15) is 9.59 Å². The third-order valence-electron chi connectivity index (χ3n) is 1.27. The molecule has 0 aromatic rings. The SMILES string of the molecule is COC(=O)C1=C(N)OCC1=O. The second-order valence-corrected chi connectivity index (χ2v) is 1.94. The molecule has 1 aliphatic heterocycles. The quantitative estimate of drug-likeness (QED) is 0.387. The number of ether oxygens (including phenoxy) is 2. The molecule has 0 aromatic carbocycles. The van der Waals surface area contributed by atoms with Gasteiger partial charge in [-0.1, -0.05) is 0 Å². The van der Waals surface area contributed by atoms with Gasteiger partial charge in [0.25, 0.3) is 0 Å². The van der Waals surface area contributed by atoms with E-state index in [2.05, 4.69) is 9.47 Å². The summed E-state index contributed by atoms with van der Waals surface area (Å²) in [6, 6.07) is 0. The minimum absolute atomic E-state index is 0.151. The van der Waals surface area contributed by atoms with Crippen molar-refractivity contribution in [3.8, 4) is 0 Å². The lowest BCUT2D eigenvalue weighted by atomic mass is 10.2. The lowest BCUT2D eigenvalue weighted by Crippen LogP contribution is -2.14. The molecule has 11 heavy (non-hydrogen) atoms. The van der Waals surface area contributed by atoms with E-state index in [-0.39, 0.29) is 18.1 Å². The van der Waals surface area contributed by atoms with Crippen molar-refractivity contribution in [1.29, 1.82) is 0 Å². The predicted molar refractivity (Wildman–Crippen MR) is 34.2 cm³/mol. The van der Waals surface area contributed by atoms with Crippen molar-refractivity contribution in [1.82, 2.24) is 0 Å². The highest BCUT2D eigenvalue weighted by atomic mass is 16.5. The topological polar surface area (TPSA) is 78.6 Å². The molecule has 0 bridgehead atoms. The summed E-state index contributed by atoms with van der Waals surface area (Å²) in [6.07, 6.45) is 0. The van der Waals surface area contributed by atoms with E-state index in [0.29, 0.717) is 0 Å². The van der Waals surface area contributed by atoms with Gasteiger partial charge in [0.1, 0.15) is 0 Å². The second-order valence-electron chi connectivity index (χ2n) is 1.94. The molecule has 0 spiro atoms. The highest BCUT2D eigenvalue weighted by Crippen LogP contribution is 2.12. The lowest BCUT2D eigenvalue weighted by molar-refractivity contribution is -0.137. The number of methoxy groups -OCH3 is 1. The number of ketones is 1. The Morgan fingerprint density at radius 2 is 2.36 bits per heavy atom. The van der Waals surface area contributed by atoms with Crippen LogP contribution < -0.4 is 5.73 Å². The van der Waals surface area contributed by atoms with Crippen LogP contribution >= 0.6 is 0 Å². The molecule has 0 fully saturated rings. The van der Waals surface area contributed by atoms with Gasteiger partial charge in [0.2, 0.25) is 11.7 Å². The molecular formula is C6H7NO4. The first kappa shape index (κ1) is 7.59. The number of carbonyl (C=O) groups excluding carboxylic acids is 2. The van der Waals surface area contributed by atoms with Crippen LogP contribution in [0.1, 0.15) is 0 Å². The van der Waals surface area contributed by atoms with Crippen LogP contribution in [0.4, 0.5) is 0 Å². The molecule has 1 heterocycles. The monoisotopic (exact) mass is 157 g/mol. The molecule has 0 unspecified atom stereocenters. The van der Waals surface area contributed by atoms with Crippen molar-refractivity contribution in [2.45, 2.75) is 0 Å². The maximum Gasteiger partial charge on any atom is 0.347 e. The summed E-state index contributed by atoms with van der Waals surface area (Å²) in [5, 5.41) is 0. The van der Waals surface area contributed by atoms with Gasteiger partial charge < -0.3 is 15.2 Å². The van der Waals surface area contributed by atoms with Crippen LogP contribution in [-0.4, -0.2) is 25.5 Å². The van der Waals surface area contributed by atoms with Crippen molar-refractivity contribution in [2.75, 3.05) is 13.7 Å². The molecule has 5 heteroatoms. The van der Waals surface area contributed by atoms with Crippen LogP contribution in [0.15, 0.2) is 11.5 Å². The Hall–Kier alpha value is -1.52. The molecule has 0 radical (unpaired) electrons. The summed E-state index contributed by atoms with van der Waals surface area (Å²) in [6.45, 7) is -0.170. The van der Waals surface area contributed by atoms with Crippen molar-refractivity contribution < 1.29 is 19.1 Å². The smallest absolute Gasteiger partial charge is 0.347 e. The Bertz CT molecular complexity index is 243. The number of hydrogen-bond acceptors (Lipinski definition) is 5. The van der Waals surface area contributed by atoms with Crippen molar-refractivity contribution in [2.24, 2.45) is 5.73 Å². The lowest BCUT2D eigenvalue weighted by Gasteiger charge is -1.95. The van der Waals surface area contributed by atoms with Crippen molar-refractivity contribution in [3.05, 3.63) is 11.5 Å². The fourth-order valence-electron chi connectivity index (χ4n) is 0.742. The van der Waals surface area contributed by atoms with Gasteiger partial charge in [0, 0.05) is 0 Å². The van der Waals surface area contributed by atoms with Crippen molar-refractivity contribution in [3.63, 3.8) is 0 Å². The zero-order valence-electron chi connectivity index (χ0n) is 5.92. The fourth-order valence-corrected chi connectivity index (χ4v) is 0.742. The number of rotatable bonds is 1. The van der Waals surface area contributed by atoms with Gasteiger partial charge in [-0.2, -0.15) is 0 Å². The Labute approximate surface area is 62.8 Å². The summed E-state index contributed by atoms with van der Waals surface area (Å²) in [5.74, 6) is -1.33. The van der Waals surface area contributed by atoms with Crippen LogP contribution in [0.3, 0.4) is 0 Å². The van der Waals surface area contributed by atoms with E-state index in [1.165, 1.54) is 7.11 Å². The van der Waals surface area contributed by atoms with Crippen molar-refractivity contribution >= 4 is 11.8 Å². The average molecular weight is 157 g/mol. The number of hydrogen-bond donors (Lipinski definition) is 1. The van der Waals surface area contributed by atoms with Gasteiger partial charge in [-0.15, -0.1) is 0 Å². The van der Waals surface area contributed by atoms with E-state index in [1.54, 1.807) is 0 Å². The van der Waals surface area contributed by atoms with E-state index < -0.39 is 11.8 Å². The normalized spacial score (nSPS) is 16.6. The van der Waals surface area contributed by atoms with Gasteiger partial charge in [0.05, 0.1) is 7.11 Å². The first-order valence-corrected chi connectivity index (χ1v) is 2.91. The highest BCUT2D eigenvalue weighted by Gasteiger charge is 2.29. The van der Waals surface area contributed by atoms with Crippen LogP contribution in [0, 0.1) is 0 Å². The van der Waals surface area contributed by atoms with Crippen LogP contribution in [0.5, 0.6) is 0 Å². The number of carbonyl (C=O) groups is 2. The van der Waals surface area contributed by atoms with Gasteiger partial charge in [0.15, 0.2) is 12.2 Å². The number of Topliss-reactive ketones (excluding diaryl/α,β-unsaturated/α-hetero) is 1. The van der Waals surface area contributed by atoms with Gasteiger partial charge >= 0.3 is 5.97 Å². The Morgan fingerprint density at radius 3 is 2.73 bits per heavy atom. The zero-order valence-corrected chi connectivity index (χ0v) is 5.92. The summed E-state index contributed by atoms with van der Waals surface area (Å²) in [4.78, 5) is 21.6. The Morgan fingerprint density at radius 1 is 1.73 bits per heavy atom. The first-order valence-electron chi connectivity index (χ1n) is 2.91. The molecule has 0 saturated carbocycles. The third-order valence-corrected chi connectivity index (χ3v) is 1.27. The summed E-state index contributed by atoms with van der Waals surface area (Å²) < 4.78 is 8.90. The zero-order chi connectivity index (χ0) is 8.43. The Balaban J connectivity index is 2.92. The minimum atomic E-state index is -0.745. The number of esters is 1. The molecule has 60 valence electrons. The summed E-state index contributed by atoms with van der Waals surface area (Å²) in [5.41, 5.74) is 4.99. The third kappa shape index (κ3) is 1.17. The van der Waals surface area contributed by atoms with E-state index in [0.717, 1.165) is 0 Å². The minimum Gasteiger partial charge on any atom is -0.470 e. The average Bonchev–Trinajstić information content (AvgIpc) is 2.30. The van der Waals surface area contributed by atoms with Gasteiger partial charge in [-0.05, 0) is 0 Å². The summed E-state index contributed by atoms with van der Waals surface area (Å²) in [7, 11) is 1.17. The van der Waals surface area contributed by atoms with E-state index in [1.807, 2.05) is 0 Å². The first-order chi connectivity index (χ1) is 5.16. The molecule has 0 aliphatic carbocycles. The maximum absolute atomic E-state index is 10.8. The molecule has 1 aliphatic rings. The molecule has 0 atom stereocenters. The highest BCUT2D eigenvalue weighted by molar-refractivity contribution is 6.19. The van der Waals surface area contributed by atoms with Crippen LogP contribution in [-0.2, 0) is 19.1 Å². The molecule has 2 N–H and O–H groups in total. The maximum atomic E-state index is 10.8. The predicted octanol–water partition coefficient (Wildman–Crippen LogP) is -1.07. The molecule has 0 amide bonds. The molecule has 0 aromatic heterocycles.